The highest BCUT2D eigenvalue weighted by Crippen LogP contribution is 2.36. The smallest absolute Gasteiger partial charge is 0.237 e. The number of hydrogen-bond donors (Lipinski definition) is 0. The molecule has 0 unspecified atom stereocenters. The molecule has 2 aromatic rings. The van der Waals surface area contributed by atoms with Gasteiger partial charge in [0.15, 0.2) is 11.5 Å². The fraction of sp³-hybridized carbons (Fsp3) is 0.552. The summed E-state index contributed by atoms with van der Waals surface area (Å²) in [6.45, 7) is 5.03. The summed E-state index contributed by atoms with van der Waals surface area (Å²) < 4.78 is 12.0. The van der Waals surface area contributed by atoms with Gasteiger partial charge in [-0.2, -0.15) is 0 Å². The van der Waals surface area contributed by atoms with Crippen LogP contribution in [0.5, 0.6) is 11.5 Å². The second-order valence-electron chi connectivity index (χ2n) is 10.2. The lowest BCUT2D eigenvalue weighted by Crippen LogP contribution is -2.57. The van der Waals surface area contributed by atoms with Gasteiger partial charge in [0.1, 0.15) is 0 Å². The van der Waals surface area contributed by atoms with Crippen molar-refractivity contribution in [1.82, 2.24) is 9.80 Å². The number of carbonyl (C=O) groups is 1. The van der Waals surface area contributed by atoms with E-state index in [0.717, 1.165) is 69.2 Å². The van der Waals surface area contributed by atoms with E-state index in [1.165, 1.54) is 31.2 Å². The number of hydrogen-bond acceptors (Lipinski definition) is 5. The summed E-state index contributed by atoms with van der Waals surface area (Å²) in [7, 11) is 1.71. The van der Waals surface area contributed by atoms with Crippen LogP contribution in [-0.2, 0) is 11.2 Å². The zero-order valence-corrected chi connectivity index (χ0v) is 21.0. The van der Waals surface area contributed by atoms with Crippen molar-refractivity contribution in [3.8, 4) is 11.5 Å². The Labute approximate surface area is 209 Å². The molecule has 0 aromatic heterocycles. The number of carbonyl (C=O) groups excluding carboxylic acids is 1. The zero-order chi connectivity index (χ0) is 24.0. The minimum absolute atomic E-state index is 0.141. The van der Waals surface area contributed by atoms with E-state index in [9.17, 15) is 4.79 Å². The third kappa shape index (κ3) is 5.92. The Kier molecular flexibility index (Phi) is 7.77. The molecule has 1 atom stereocenters. The van der Waals surface area contributed by atoms with Crippen LogP contribution in [0.4, 0.5) is 5.69 Å². The molecule has 3 fully saturated rings. The summed E-state index contributed by atoms with van der Waals surface area (Å²) in [5.74, 6) is 1.90. The van der Waals surface area contributed by atoms with E-state index in [-0.39, 0.29) is 18.1 Å². The summed E-state index contributed by atoms with van der Waals surface area (Å²) in [4.78, 5) is 20.2. The highest BCUT2D eigenvalue weighted by atomic mass is 16.5. The van der Waals surface area contributed by atoms with Crippen molar-refractivity contribution in [3.63, 3.8) is 0 Å². The molecule has 2 aliphatic heterocycles. The number of anilines is 1. The van der Waals surface area contributed by atoms with Gasteiger partial charge in [0.05, 0.1) is 25.8 Å². The molecule has 0 bridgehead atoms. The first-order valence-electron chi connectivity index (χ1n) is 13.3. The van der Waals surface area contributed by atoms with Gasteiger partial charge in [-0.05, 0) is 75.7 Å². The topological polar surface area (TPSA) is 45.2 Å². The minimum atomic E-state index is 0.141. The molecule has 0 radical (unpaired) electrons. The number of benzene rings is 2. The average Bonchev–Trinajstić information content (AvgIpc) is 3.59. The second kappa shape index (κ2) is 11.3. The Balaban J connectivity index is 1.33. The van der Waals surface area contributed by atoms with Crippen molar-refractivity contribution in [2.75, 3.05) is 51.3 Å². The van der Waals surface area contributed by atoms with Crippen LogP contribution in [0.15, 0.2) is 48.5 Å². The third-order valence-corrected chi connectivity index (χ3v) is 7.78. The van der Waals surface area contributed by atoms with Gasteiger partial charge in [-0.15, -0.1) is 0 Å². The number of nitrogens with zero attached hydrogens (tertiary/aromatic N) is 3. The van der Waals surface area contributed by atoms with Crippen LogP contribution < -0.4 is 14.4 Å². The van der Waals surface area contributed by atoms with Crippen LogP contribution >= 0.6 is 0 Å². The summed E-state index contributed by atoms with van der Waals surface area (Å²) in [5, 5.41) is 0. The van der Waals surface area contributed by atoms with Gasteiger partial charge in [0.2, 0.25) is 5.91 Å². The monoisotopic (exact) mass is 477 g/mol. The average molecular weight is 478 g/mol. The molecule has 1 amide bonds. The van der Waals surface area contributed by atoms with Crippen molar-refractivity contribution in [2.45, 2.75) is 57.1 Å². The fourth-order valence-electron chi connectivity index (χ4n) is 5.84. The number of likely N-dealkylation sites (tertiary alicyclic amines) is 1. The molecule has 35 heavy (non-hydrogen) atoms. The molecule has 1 aliphatic carbocycles. The fourth-order valence-corrected chi connectivity index (χ4v) is 5.84. The van der Waals surface area contributed by atoms with Gasteiger partial charge in [-0.3, -0.25) is 9.69 Å². The first-order valence-corrected chi connectivity index (χ1v) is 13.3. The van der Waals surface area contributed by atoms with E-state index in [4.69, 9.17) is 9.47 Å². The Morgan fingerprint density at radius 3 is 2.43 bits per heavy atom. The zero-order valence-electron chi connectivity index (χ0n) is 21.0. The molecule has 0 N–H and O–H groups in total. The maximum atomic E-state index is 13.4. The molecule has 1 saturated carbocycles. The van der Waals surface area contributed by atoms with Gasteiger partial charge in [0, 0.05) is 31.4 Å². The normalized spacial score (nSPS) is 21.5. The number of amides is 1. The predicted molar refractivity (Wildman–Crippen MR) is 139 cm³/mol. The molecule has 6 heteroatoms. The molecule has 3 aliphatic rings. The van der Waals surface area contributed by atoms with Crippen LogP contribution in [0.25, 0.3) is 0 Å². The van der Waals surface area contributed by atoms with Gasteiger partial charge < -0.3 is 19.3 Å². The summed E-state index contributed by atoms with van der Waals surface area (Å²) in [6, 6.07) is 17.0. The van der Waals surface area contributed by atoms with Crippen molar-refractivity contribution >= 4 is 11.6 Å². The van der Waals surface area contributed by atoms with Crippen molar-refractivity contribution < 1.29 is 14.3 Å². The van der Waals surface area contributed by atoms with Crippen molar-refractivity contribution in [3.05, 3.63) is 54.1 Å². The highest BCUT2D eigenvalue weighted by molar-refractivity contribution is 5.79. The molecule has 2 heterocycles. The summed E-state index contributed by atoms with van der Waals surface area (Å²) >= 11 is 0. The number of rotatable bonds is 8. The molecule has 2 saturated heterocycles. The minimum Gasteiger partial charge on any atom is -0.493 e. The SMILES string of the molecule is COc1ccc(N2CCN(C(=O)CN3CCCC3)[C@@H](Cc3ccccc3)C2)cc1OC1CCCC1. The number of piperazine rings is 1. The Morgan fingerprint density at radius 1 is 0.914 bits per heavy atom. The van der Waals surface area contributed by atoms with Crippen molar-refractivity contribution in [2.24, 2.45) is 0 Å². The van der Waals surface area contributed by atoms with Crippen molar-refractivity contribution in [1.29, 1.82) is 0 Å². The lowest BCUT2D eigenvalue weighted by atomic mass is 10.0. The molecule has 2 aromatic carbocycles. The second-order valence-corrected chi connectivity index (χ2v) is 10.2. The van der Waals surface area contributed by atoms with E-state index < -0.39 is 0 Å². The molecular weight excluding hydrogens is 438 g/mol. The van der Waals surface area contributed by atoms with E-state index in [1.807, 2.05) is 6.07 Å². The van der Waals surface area contributed by atoms with Gasteiger partial charge in [-0.1, -0.05) is 30.3 Å². The Bertz CT molecular complexity index is 970. The van der Waals surface area contributed by atoms with E-state index in [2.05, 4.69) is 57.2 Å². The highest BCUT2D eigenvalue weighted by Gasteiger charge is 2.32. The summed E-state index contributed by atoms with van der Waals surface area (Å²) in [6.07, 6.45) is 8.26. The molecule has 188 valence electrons. The maximum Gasteiger partial charge on any atom is 0.237 e. The van der Waals surface area contributed by atoms with Crippen LogP contribution in [0.3, 0.4) is 0 Å². The van der Waals surface area contributed by atoms with Gasteiger partial charge >= 0.3 is 0 Å². The predicted octanol–water partition coefficient (Wildman–Crippen LogP) is 4.37. The van der Waals surface area contributed by atoms with Crippen LogP contribution in [-0.4, -0.2) is 74.2 Å². The lowest BCUT2D eigenvalue weighted by Gasteiger charge is -2.43. The third-order valence-electron chi connectivity index (χ3n) is 7.78. The van der Waals surface area contributed by atoms with Crippen LogP contribution in [0, 0.1) is 0 Å². The van der Waals surface area contributed by atoms with E-state index in [0.29, 0.717) is 6.54 Å². The van der Waals surface area contributed by atoms with Gasteiger partial charge in [-0.25, -0.2) is 0 Å². The summed E-state index contributed by atoms with van der Waals surface area (Å²) in [5.41, 5.74) is 2.42. The Hall–Kier alpha value is -2.73. The largest absolute Gasteiger partial charge is 0.493 e. The quantitative estimate of drug-likeness (QED) is 0.565. The van der Waals surface area contributed by atoms with Crippen LogP contribution in [0.1, 0.15) is 44.1 Å². The first kappa shape index (κ1) is 24.0. The molecule has 5 rings (SSSR count). The molecule has 6 nitrogen and oxygen atoms in total. The number of methoxy groups -OCH3 is 1. The standard InChI is InChI=1S/C29H39N3O3/c1-34-27-14-13-24(20-28(27)35-26-11-5-6-12-26)31-17-18-32(29(33)22-30-15-7-8-16-30)25(21-31)19-23-9-3-2-4-10-23/h2-4,9-10,13-14,20,25-26H,5-8,11-12,15-19,21-22H2,1H3/t25-/m0/s1. The molecular formula is C29H39N3O3. The van der Waals surface area contributed by atoms with E-state index in [1.54, 1.807) is 7.11 Å². The lowest BCUT2D eigenvalue weighted by molar-refractivity contribution is -0.135. The number of ether oxygens (including phenoxy) is 2. The first-order chi connectivity index (χ1) is 17.2. The molecule has 0 spiro atoms. The van der Waals surface area contributed by atoms with E-state index >= 15 is 0 Å². The van der Waals surface area contributed by atoms with Gasteiger partial charge in [0.25, 0.3) is 0 Å². The van der Waals surface area contributed by atoms with Crippen LogP contribution in [0.2, 0.25) is 0 Å². The Morgan fingerprint density at radius 2 is 1.69 bits per heavy atom. The maximum absolute atomic E-state index is 13.4.